The molecule has 10 heteroatoms. The Morgan fingerprint density at radius 3 is 2.29 bits per heavy atom. The van der Waals surface area contributed by atoms with E-state index in [-0.39, 0.29) is 24.3 Å². The van der Waals surface area contributed by atoms with Crippen LogP contribution < -0.4 is 21.7 Å². The van der Waals surface area contributed by atoms with Crippen LogP contribution in [0.5, 0.6) is 0 Å². The zero-order valence-corrected chi connectivity index (χ0v) is 15.0. The summed E-state index contributed by atoms with van der Waals surface area (Å²) in [7, 11) is 1.61. The molecule has 0 unspecified atom stereocenters. The van der Waals surface area contributed by atoms with Gasteiger partial charge in [-0.3, -0.25) is 24.5 Å². The maximum atomic E-state index is 12.4. The first-order valence-electron chi connectivity index (χ1n) is 8.21. The number of carbonyl (C=O) groups excluding carboxylic acids is 3. The zero-order chi connectivity index (χ0) is 20.7. The lowest BCUT2D eigenvalue weighted by Crippen LogP contribution is -2.33. The number of hydrogen-bond acceptors (Lipinski definition) is 6. The number of primary amides is 1. The minimum Gasteiger partial charge on any atom is -0.387 e. The van der Waals surface area contributed by atoms with Crippen molar-refractivity contribution in [2.75, 3.05) is 18.9 Å². The van der Waals surface area contributed by atoms with Crippen LogP contribution in [0.4, 0.5) is 11.4 Å². The van der Waals surface area contributed by atoms with Crippen LogP contribution in [-0.4, -0.2) is 36.2 Å². The Morgan fingerprint density at radius 1 is 1.04 bits per heavy atom. The number of amides is 3. The Hall–Kier alpha value is -3.95. The number of nitro benzene ring substituents is 1. The highest BCUT2D eigenvalue weighted by atomic mass is 16.6. The number of rotatable bonds is 8. The zero-order valence-electron chi connectivity index (χ0n) is 15.0. The Kier molecular flexibility index (Phi) is 6.63. The number of nitrogens with zero attached hydrogens (tertiary/aromatic N) is 1. The number of nitrogens with one attached hydrogen (secondary N) is 3. The number of hydrogen-bond donors (Lipinski definition) is 4. The minimum atomic E-state index is -0.644. The number of carbonyl (C=O) groups is 3. The topological polar surface area (TPSA) is 156 Å². The van der Waals surface area contributed by atoms with Gasteiger partial charge in [0.2, 0.25) is 5.91 Å². The van der Waals surface area contributed by atoms with Gasteiger partial charge in [0.05, 0.1) is 17.0 Å². The fourth-order valence-corrected chi connectivity index (χ4v) is 2.37. The molecule has 2 aromatic carbocycles. The Balaban J connectivity index is 2.03. The van der Waals surface area contributed by atoms with Crippen LogP contribution in [-0.2, 0) is 11.3 Å². The van der Waals surface area contributed by atoms with Crippen molar-refractivity contribution in [2.45, 2.75) is 6.54 Å². The molecule has 0 aromatic heterocycles. The van der Waals surface area contributed by atoms with E-state index in [4.69, 9.17) is 5.73 Å². The third kappa shape index (κ3) is 5.27. The fourth-order valence-electron chi connectivity index (χ4n) is 2.37. The van der Waals surface area contributed by atoms with Crippen molar-refractivity contribution in [3.63, 3.8) is 0 Å². The van der Waals surface area contributed by atoms with E-state index in [0.717, 1.165) is 5.56 Å². The summed E-state index contributed by atoms with van der Waals surface area (Å²) in [4.78, 5) is 45.3. The van der Waals surface area contributed by atoms with E-state index in [1.165, 1.54) is 18.2 Å². The van der Waals surface area contributed by atoms with Crippen LogP contribution in [0.15, 0.2) is 42.5 Å². The second-order valence-electron chi connectivity index (χ2n) is 5.77. The SMILES string of the molecule is CNc1ccc([N+](=O)[O-])cc1C(=O)NCc1ccc(C(=O)NCC(N)=O)cc1. The fraction of sp³-hybridized carbons (Fsp3) is 0.167. The van der Waals surface area contributed by atoms with Gasteiger partial charge in [0.15, 0.2) is 0 Å². The largest absolute Gasteiger partial charge is 0.387 e. The molecular weight excluding hydrogens is 366 g/mol. The lowest BCUT2D eigenvalue weighted by molar-refractivity contribution is -0.384. The summed E-state index contributed by atoms with van der Waals surface area (Å²) in [6.07, 6.45) is 0. The average molecular weight is 385 g/mol. The van der Waals surface area contributed by atoms with Gasteiger partial charge in [0, 0.05) is 37.0 Å². The average Bonchev–Trinajstić information content (AvgIpc) is 2.69. The molecule has 0 aliphatic heterocycles. The summed E-state index contributed by atoms with van der Waals surface area (Å²) >= 11 is 0. The monoisotopic (exact) mass is 385 g/mol. The first-order valence-corrected chi connectivity index (χ1v) is 8.21. The van der Waals surface area contributed by atoms with Gasteiger partial charge in [-0.25, -0.2) is 0 Å². The number of nitro groups is 1. The van der Waals surface area contributed by atoms with Crippen LogP contribution in [0.1, 0.15) is 26.3 Å². The molecule has 0 saturated carbocycles. The molecule has 0 bridgehead atoms. The minimum absolute atomic E-state index is 0.152. The summed E-state index contributed by atoms with van der Waals surface area (Å²) < 4.78 is 0. The highest BCUT2D eigenvalue weighted by molar-refractivity contribution is 6.00. The van der Waals surface area contributed by atoms with Gasteiger partial charge in [0.1, 0.15) is 0 Å². The van der Waals surface area contributed by atoms with Crippen LogP contribution in [0.3, 0.4) is 0 Å². The van der Waals surface area contributed by atoms with Crippen LogP contribution in [0.25, 0.3) is 0 Å². The number of benzene rings is 2. The van der Waals surface area contributed by atoms with Crippen molar-refractivity contribution in [3.05, 3.63) is 69.3 Å². The van der Waals surface area contributed by atoms with Crippen LogP contribution >= 0.6 is 0 Å². The molecular formula is C18H19N5O5. The molecule has 10 nitrogen and oxygen atoms in total. The smallest absolute Gasteiger partial charge is 0.270 e. The maximum absolute atomic E-state index is 12.4. The summed E-state index contributed by atoms with van der Waals surface area (Å²) in [6, 6.07) is 10.4. The third-order valence-electron chi connectivity index (χ3n) is 3.82. The third-order valence-corrected chi connectivity index (χ3v) is 3.82. The second kappa shape index (κ2) is 9.12. The first-order chi connectivity index (χ1) is 13.3. The molecule has 0 spiro atoms. The summed E-state index contributed by atoms with van der Waals surface area (Å²) in [6.45, 7) is -0.0957. The molecule has 0 fully saturated rings. The predicted molar refractivity (Wildman–Crippen MR) is 102 cm³/mol. The quantitative estimate of drug-likeness (QED) is 0.388. The Bertz CT molecular complexity index is 911. The van der Waals surface area contributed by atoms with Gasteiger partial charge in [-0.1, -0.05) is 12.1 Å². The van der Waals surface area contributed by atoms with Crippen molar-refractivity contribution < 1.29 is 19.3 Å². The summed E-state index contributed by atoms with van der Waals surface area (Å²) in [5, 5.41) is 18.8. The van der Waals surface area contributed by atoms with Gasteiger partial charge in [0.25, 0.3) is 17.5 Å². The van der Waals surface area contributed by atoms with Gasteiger partial charge < -0.3 is 21.7 Å². The van der Waals surface area contributed by atoms with E-state index < -0.39 is 22.6 Å². The molecule has 0 aliphatic rings. The first kappa shape index (κ1) is 20.4. The molecule has 0 radical (unpaired) electrons. The molecule has 2 aromatic rings. The van der Waals surface area contributed by atoms with E-state index in [2.05, 4.69) is 16.0 Å². The van der Waals surface area contributed by atoms with E-state index in [9.17, 15) is 24.5 Å². The molecule has 28 heavy (non-hydrogen) atoms. The maximum Gasteiger partial charge on any atom is 0.270 e. The lowest BCUT2D eigenvalue weighted by atomic mass is 10.1. The van der Waals surface area contributed by atoms with Crippen LogP contribution in [0.2, 0.25) is 0 Å². The lowest BCUT2D eigenvalue weighted by Gasteiger charge is -2.10. The predicted octanol–water partition coefficient (Wildman–Crippen LogP) is 0.782. The normalized spacial score (nSPS) is 10.0. The number of non-ortho nitro benzene ring substituents is 1. The standard InChI is InChI=1S/C18H19N5O5/c1-20-15-7-6-13(23(27)28)8-14(15)18(26)21-9-11-2-4-12(5-3-11)17(25)22-10-16(19)24/h2-8,20H,9-10H2,1H3,(H2,19,24)(H,21,26)(H,22,25). The Labute approximate surface area is 160 Å². The van der Waals surface area contributed by atoms with Gasteiger partial charge in [-0.05, 0) is 23.8 Å². The number of nitrogens with two attached hydrogens (primary N) is 1. The molecule has 0 atom stereocenters. The molecule has 5 N–H and O–H groups in total. The summed E-state index contributed by atoms with van der Waals surface area (Å²) in [5.74, 6) is -1.56. The molecule has 146 valence electrons. The van der Waals surface area contributed by atoms with E-state index in [0.29, 0.717) is 11.3 Å². The van der Waals surface area contributed by atoms with Crippen molar-refractivity contribution in [1.29, 1.82) is 0 Å². The van der Waals surface area contributed by atoms with E-state index in [1.807, 2.05) is 0 Å². The van der Waals surface area contributed by atoms with Gasteiger partial charge in [-0.2, -0.15) is 0 Å². The molecule has 2 rings (SSSR count). The molecule has 0 aliphatic carbocycles. The molecule has 3 amide bonds. The van der Waals surface area contributed by atoms with Gasteiger partial charge in [-0.15, -0.1) is 0 Å². The van der Waals surface area contributed by atoms with Crippen molar-refractivity contribution in [2.24, 2.45) is 5.73 Å². The number of anilines is 1. The van der Waals surface area contributed by atoms with Gasteiger partial charge >= 0.3 is 0 Å². The highest BCUT2D eigenvalue weighted by Crippen LogP contribution is 2.21. The van der Waals surface area contributed by atoms with E-state index >= 15 is 0 Å². The van der Waals surface area contributed by atoms with E-state index in [1.54, 1.807) is 31.3 Å². The van der Waals surface area contributed by atoms with Crippen molar-refractivity contribution >= 4 is 29.1 Å². The van der Waals surface area contributed by atoms with Crippen molar-refractivity contribution in [3.8, 4) is 0 Å². The molecule has 0 saturated heterocycles. The highest BCUT2D eigenvalue weighted by Gasteiger charge is 2.16. The van der Waals surface area contributed by atoms with Crippen molar-refractivity contribution in [1.82, 2.24) is 10.6 Å². The molecule has 0 heterocycles. The summed E-state index contributed by atoms with van der Waals surface area (Å²) in [5.41, 5.74) is 6.46. The van der Waals surface area contributed by atoms with Crippen LogP contribution in [0, 0.1) is 10.1 Å². The second-order valence-corrected chi connectivity index (χ2v) is 5.77. The Morgan fingerprint density at radius 2 is 1.71 bits per heavy atom.